The monoisotopic (exact) mass is 244 g/mol. The van der Waals surface area contributed by atoms with Gasteiger partial charge in [0.05, 0.1) is 6.61 Å². The summed E-state index contributed by atoms with van der Waals surface area (Å²) in [6, 6.07) is 0. The van der Waals surface area contributed by atoms with Gasteiger partial charge >= 0.3 is 5.97 Å². The lowest BCUT2D eigenvalue weighted by Crippen LogP contribution is -2.49. The molecule has 0 spiro atoms. The minimum Gasteiger partial charge on any atom is -0.465 e. The van der Waals surface area contributed by atoms with Gasteiger partial charge in [-0.15, -0.1) is 0 Å². The molecule has 0 rings (SSSR count). The molecular weight excluding hydrogens is 220 g/mol. The number of rotatable bonds is 7. The van der Waals surface area contributed by atoms with E-state index < -0.39 is 17.0 Å². The van der Waals surface area contributed by atoms with Crippen molar-refractivity contribution in [3.05, 3.63) is 0 Å². The summed E-state index contributed by atoms with van der Waals surface area (Å²) >= 11 is 0. The molecular formula is C13H24O4. The highest BCUT2D eigenvalue weighted by Gasteiger charge is 2.47. The van der Waals surface area contributed by atoms with E-state index in [0.717, 1.165) is 0 Å². The molecule has 0 radical (unpaired) electrons. The number of Topliss-reactive ketones (excluding diaryl/α,β-unsaturated/α-hetero) is 1. The van der Waals surface area contributed by atoms with Gasteiger partial charge in [0.2, 0.25) is 0 Å². The molecule has 0 heterocycles. The summed E-state index contributed by atoms with van der Waals surface area (Å²) in [4.78, 5) is 24.2. The number of hydrogen-bond acceptors (Lipinski definition) is 4. The lowest BCUT2D eigenvalue weighted by molar-refractivity contribution is -0.167. The van der Waals surface area contributed by atoms with Crippen molar-refractivity contribution in [1.82, 2.24) is 0 Å². The first-order chi connectivity index (χ1) is 7.76. The van der Waals surface area contributed by atoms with Gasteiger partial charge in [0.15, 0.2) is 5.78 Å². The van der Waals surface area contributed by atoms with Crippen molar-refractivity contribution in [2.75, 3.05) is 13.2 Å². The summed E-state index contributed by atoms with van der Waals surface area (Å²) in [6.45, 7) is 11.0. The van der Waals surface area contributed by atoms with Crippen LogP contribution in [0.3, 0.4) is 0 Å². The SMILES string of the molecule is CCOC(=O)C(C)(C)C(=O)C(C)(CC)OCC. The van der Waals surface area contributed by atoms with Crippen LogP contribution in [0.5, 0.6) is 0 Å². The third kappa shape index (κ3) is 3.53. The Morgan fingerprint density at radius 2 is 1.53 bits per heavy atom. The molecule has 0 bridgehead atoms. The van der Waals surface area contributed by atoms with E-state index in [9.17, 15) is 9.59 Å². The number of carbonyl (C=O) groups excluding carboxylic acids is 2. The van der Waals surface area contributed by atoms with Gasteiger partial charge in [0.25, 0.3) is 0 Å². The fourth-order valence-corrected chi connectivity index (χ4v) is 1.71. The zero-order chi connectivity index (χ0) is 13.7. The first kappa shape index (κ1) is 16.1. The van der Waals surface area contributed by atoms with Crippen LogP contribution in [0, 0.1) is 5.41 Å². The molecule has 1 atom stereocenters. The van der Waals surface area contributed by atoms with Crippen LogP contribution >= 0.6 is 0 Å². The topological polar surface area (TPSA) is 52.6 Å². The van der Waals surface area contributed by atoms with E-state index >= 15 is 0 Å². The van der Waals surface area contributed by atoms with Gasteiger partial charge in [-0.05, 0) is 41.0 Å². The summed E-state index contributed by atoms with van der Waals surface area (Å²) in [5.74, 6) is -0.725. The molecule has 4 heteroatoms. The number of ketones is 1. The maximum atomic E-state index is 12.4. The van der Waals surface area contributed by atoms with E-state index in [4.69, 9.17) is 9.47 Å². The van der Waals surface area contributed by atoms with Gasteiger partial charge in [-0.3, -0.25) is 9.59 Å². The Bertz CT molecular complexity index is 283. The predicted molar refractivity (Wildman–Crippen MR) is 65.7 cm³/mol. The molecule has 0 aromatic rings. The lowest BCUT2D eigenvalue weighted by Gasteiger charge is -2.33. The van der Waals surface area contributed by atoms with E-state index in [0.29, 0.717) is 13.0 Å². The summed E-state index contributed by atoms with van der Waals surface area (Å²) in [6.07, 6.45) is 0.530. The zero-order valence-corrected chi connectivity index (χ0v) is 11.8. The predicted octanol–water partition coefficient (Wildman–Crippen LogP) is 2.35. The summed E-state index contributed by atoms with van der Waals surface area (Å²) in [5.41, 5.74) is -2.10. The molecule has 0 amide bonds. The Kier molecular flexibility index (Phi) is 5.82. The molecule has 1 unspecified atom stereocenters. The second kappa shape index (κ2) is 6.15. The van der Waals surface area contributed by atoms with Gasteiger partial charge in [0.1, 0.15) is 11.0 Å². The molecule has 0 aliphatic rings. The highest BCUT2D eigenvalue weighted by atomic mass is 16.5. The van der Waals surface area contributed by atoms with Crippen LogP contribution in [-0.2, 0) is 19.1 Å². The molecule has 0 saturated carbocycles. The van der Waals surface area contributed by atoms with Crippen molar-refractivity contribution in [3.63, 3.8) is 0 Å². The van der Waals surface area contributed by atoms with E-state index in [-0.39, 0.29) is 12.4 Å². The molecule has 0 fully saturated rings. The van der Waals surface area contributed by atoms with Crippen LogP contribution in [0.15, 0.2) is 0 Å². The summed E-state index contributed by atoms with van der Waals surface area (Å²) in [5, 5.41) is 0. The third-order valence-electron chi connectivity index (χ3n) is 2.97. The number of esters is 1. The molecule has 17 heavy (non-hydrogen) atoms. The Morgan fingerprint density at radius 1 is 1.00 bits per heavy atom. The average Bonchev–Trinajstić information content (AvgIpc) is 2.28. The number of carbonyl (C=O) groups is 2. The van der Waals surface area contributed by atoms with Crippen LogP contribution in [-0.4, -0.2) is 30.6 Å². The van der Waals surface area contributed by atoms with Crippen LogP contribution in [0.25, 0.3) is 0 Å². The summed E-state index contributed by atoms with van der Waals surface area (Å²) < 4.78 is 10.4. The summed E-state index contributed by atoms with van der Waals surface area (Å²) in [7, 11) is 0. The largest absolute Gasteiger partial charge is 0.465 e. The van der Waals surface area contributed by atoms with Gasteiger partial charge in [-0.2, -0.15) is 0 Å². The second-order valence-electron chi connectivity index (χ2n) is 4.69. The number of ether oxygens (including phenoxy) is 2. The van der Waals surface area contributed by atoms with Crippen molar-refractivity contribution in [1.29, 1.82) is 0 Å². The maximum Gasteiger partial charge on any atom is 0.319 e. The molecule has 0 N–H and O–H groups in total. The van der Waals surface area contributed by atoms with E-state index in [1.807, 2.05) is 13.8 Å². The zero-order valence-electron chi connectivity index (χ0n) is 11.8. The second-order valence-corrected chi connectivity index (χ2v) is 4.69. The average molecular weight is 244 g/mol. The standard InChI is InChI=1S/C13H24O4/c1-7-13(6,17-9-3)10(14)12(4,5)11(15)16-8-2/h7-9H2,1-6H3. The Morgan fingerprint density at radius 3 is 1.88 bits per heavy atom. The molecule has 4 nitrogen and oxygen atoms in total. The highest BCUT2D eigenvalue weighted by molar-refractivity contribution is 6.06. The Hall–Kier alpha value is -0.900. The smallest absolute Gasteiger partial charge is 0.319 e. The minimum atomic E-state index is -1.17. The van der Waals surface area contributed by atoms with Crippen LogP contribution in [0.1, 0.15) is 48.0 Å². The quantitative estimate of drug-likeness (QED) is 0.509. The van der Waals surface area contributed by atoms with Gasteiger partial charge in [-0.1, -0.05) is 6.92 Å². The molecule has 0 aromatic heterocycles. The molecule has 100 valence electrons. The van der Waals surface area contributed by atoms with E-state index in [1.54, 1.807) is 27.7 Å². The van der Waals surface area contributed by atoms with Crippen molar-refractivity contribution in [3.8, 4) is 0 Å². The van der Waals surface area contributed by atoms with Crippen LogP contribution in [0.2, 0.25) is 0 Å². The van der Waals surface area contributed by atoms with Crippen LogP contribution < -0.4 is 0 Å². The third-order valence-corrected chi connectivity index (χ3v) is 2.97. The fraction of sp³-hybridized carbons (Fsp3) is 0.846. The van der Waals surface area contributed by atoms with Gasteiger partial charge in [-0.25, -0.2) is 0 Å². The van der Waals surface area contributed by atoms with Crippen LogP contribution in [0.4, 0.5) is 0 Å². The lowest BCUT2D eigenvalue weighted by atomic mass is 9.78. The Labute approximate surface area is 104 Å². The normalized spacial score (nSPS) is 15.2. The van der Waals surface area contributed by atoms with Gasteiger partial charge in [0, 0.05) is 6.61 Å². The maximum absolute atomic E-state index is 12.4. The molecule has 0 aliphatic heterocycles. The fourth-order valence-electron chi connectivity index (χ4n) is 1.71. The van der Waals surface area contributed by atoms with E-state index in [1.165, 1.54) is 0 Å². The molecule has 0 aliphatic carbocycles. The van der Waals surface area contributed by atoms with Crippen molar-refractivity contribution in [2.24, 2.45) is 5.41 Å². The number of hydrogen-bond donors (Lipinski definition) is 0. The van der Waals surface area contributed by atoms with Crippen molar-refractivity contribution >= 4 is 11.8 Å². The minimum absolute atomic E-state index is 0.229. The Balaban J connectivity index is 5.05. The highest BCUT2D eigenvalue weighted by Crippen LogP contribution is 2.30. The van der Waals surface area contributed by atoms with Crippen molar-refractivity contribution < 1.29 is 19.1 Å². The first-order valence-corrected chi connectivity index (χ1v) is 6.12. The molecule has 0 aromatic carbocycles. The molecule has 0 saturated heterocycles. The van der Waals surface area contributed by atoms with Crippen molar-refractivity contribution in [2.45, 2.75) is 53.6 Å². The van der Waals surface area contributed by atoms with E-state index in [2.05, 4.69) is 0 Å². The van der Waals surface area contributed by atoms with Gasteiger partial charge < -0.3 is 9.47 Å². The first-order valence-electron chi connectivity index (χ1n) is 6.12.